The van der Waals surface area contributed by atoms with Crippen LogP contribution in [0.5, 0.6) is 0 Å². The van der Waals surface area contributed by atoms with Gasteiger partial charge in [-0.25, -0.2) is 0 Å². The highest BCUT2D eigenvalue weighted by Crippen LogP contribution is 2.24. The summed E-state index contributed by atoms with van der Waals surface area (Å²) in [5.74, 6) is 0. The summed E-state index contributed by atoms with van der Waals surface area (Å²) in [5, 5.41) is 0. The van der Waals surface area contributed by atoms with Gasteiger partial charge in [0, 0.05) is 18.0 Å². The molecule has 0 heterocycles. The molecular weight excluding hydrogens is 162 g/mol. The van der Waals surface area contributed by atoms with Crippen molar-refractivity contribution in [2.75, 3.05) is 13.6 Å². The normalized spacial score (nSPS) is 12.5. The Balaban J connectivity index is 4.32. The quantitative estimate of drug-likeness (QED) is 0.592. The molecule has 0 radical (unpaired) electrons. The molecule has 0 fully saturated rings. The number of carbonyl (C=O) groups is 1. The molecule has 0 unspecified atom stereocenters. The molecule has 13 heavy (non-hydrogen) atoms. The third-order valence-electron chi connectivity index (χ3n) is 3.10. The second kappa shape index (κ2) is 5.38. The molecule has 0 N–H and O–H groups in total. The molecule has 0 rings (SSSR count). The third kappa shape index (κ3) is 3.47. The molecule has 0 aromatic carbocycles. The van der Waals surface area contributed by atoms with Gasteiger partial charge in [-0.3, -0.25) is 0 Å². The maximum Gasteiger partial charge on any atom is 0.127 e. The molecule has 2 nitrogen and oxygen atoms in total. The van der Waals surface area contributed by atoms with Crippen molar-refractivity contribution < 1.29 is 4.79 Å². The Morgan fingerprint density at radius 3 is 2.00 bits per heavy atom. The SMILES string of the molecule is CCC(C=O)(CC)CN(C)C(C)C. The summed E-state index contributed by atoms with van der Waals surface area (Å²) in [6.07, 6.45) is 3.00. The van der Waals surface area contributed by atoms with E-state index >= 15 is 0 Å². The Morgan fingerprint density at radius 1 is 1.31 bits per heavy atom. The summed E-state index contributed by atoms with van der Waals surface area (Å²) in [6, 6.07) is 0.512. The Kier molecular flexibility index (Phi) is 5.23. The summed E-state index contributed by atoms with van der Waals surface area (Å²) in [4.78, 5) is 13.3. The Hall–Kier alpha value is -0.370. The average molecular weight is 185 g/mol. The van der Waals surface area contributed by atoms with Gasteiger partial charge in [0.25, 0.3) is 0 Å². The minimum absolute atomic E-state index is 0.126. The van der Waals surface area contributed by atoms with E-state index in [0.29, 0.717) is 6.04 Å². The Labute approximate surface area is 82.3 Å². The smallest absolute Gasteiger partial charge is 0.127 e. The van der Waals surface area contributed by atoms with Gasteiger partial charge in [0.15, 0.2) is 0 Å². The van der Waals surface area contributed by atoms with Gasteiger partial charge in [0.2, 0.25) is 0 Å². The van der Waals surface area contributed by atoms with Crippen LogP contribution in [0.25, 0.3) is 0 Å². The van der Waals surface area contributed by atoms with Crippen LogP contribution in [0.4, 0.5) is 0 Å². The van der Waals surface area contributed by atoms with Crippen molar-refractivity contribution in [1.29, 1.82) is 0 Å². The molecule has 2 heteroatoms. The largest absolute Gasteiger partial charge is 0.303 e. The van der Waals surface area contributed by atoms with Crippen LogP contribution < -0.4 is 0 Å². The second-order valence-electron chi connectivity index (χ2n) is 4.20. The van der Waals surface area contributed by atoms with Gasteiger partial charge in [-0.05, 0) is 33.7 Å². The lowest BCUT2D eigenvalue weighted by molar-refractivity contribution is -0.117. The lowest BCUT2D eigenvalue weighted by Crippen LogP contribution is -2.39. The maximum atomic E-state index is 11.0. The van der Waals surface area contributed by atoms with Crippen LogP contribution in [0.2, 0.25) is 0 Å². The third-order valence-corrected chi connectivity index (χ3v) is 3.10. The zero-order valence-electron chi connectivity index (χ0n) is 9.63. The number of nitrogens with zero attached hydrogens (tertiary/aromatic N) is 1. The van der Waals surface area contributed by atoms with Gasteiger partial charge in [-0.15, -0.1) is 0 Å². The minimum atomic E-state index is -0.126. The Morgan fingerprint density at radius 2 is 1.77 bits per heavy atom. The van der Waals surface area contributed by atoms with Gasteiger partial charge in [0.1, 0.15) is 6.29 Å². The van der Waals surface area contributed by atoms with Crippen molar-refractivity contribution in [3.63, 3.8) is 0 Å². The zero-order chi connectivity index (χ0) is 10.5. The van der Waals surface area contributed by atoms with Gasteiger partial charge in [0.05, 0.1) is 0 Å². The molecule has 0 aliphatic rings. The molecule has 0 saturated carbocycles. The first-order valence-corrected chi connectivity index (χ1v) is 5.18. The fourth-order valence-corrected chi connectivity index (χ4v) is 1.36. The molecule has 0 saturated heterocycles. The fourth-order valence-electron chi connectivity index (χ4n) is 1.36. The highest BCUT2D eigenvalue weighted by atomic mass is 16.1. The molecule has 0 aliphatic carbocycles. The summed E-state index contributed by atoms with van der Waals surface area (Å²) in [6.45, 7) is 9.36. The number of carbonyl (C=O) groups excluding carboxylic acids is 1. The van der Waals surface area contributed by atoms with Crippen LogP contribution >= 0.6 is 0 Å². The van der Waals surface area contributed by atoms with Gasteiger partial charge in [-0.1, -0.05) is 13.8 Å². The number of hydrogen-bond donors (Lipinski definition) is 0. The van der Waals surface area contributed by atoms with E-state index in [4.69, 9.17) is 0 Å². The van der Waals surface area contributed by atoms with Crippen LogP contribution in [0, 0.1) is 5.41 Å². The van der Waals surface area contributed by atoms with E-state index in [-0.39, 0.29) is 5.41 Å². The fraction of sp³-hybridized carbons (Fsp3) is 0.909. The second-order valence-corrected chi connectivity index (χ2v) is 4.20. The molecule has 0 aromatic rings. The summed E-state index contributed by atoms with van der Waals surface area (Å²) >= 11 is 0. The van der Waals surface area contributed by atoms with E-state index in [1.165, 1.54) is 0 Å². The number of hydrogen-bond acceptors (Lipinski definition) is 2. The van der Waals surface area contributed by atoms with Crippen LogP contribution in [0.15, 0.2) is 0 Å². The van der Waals surface area contributed by atoms with Crippen molar-refractivity contribution in [1.82, 2.24) is 4.90 Å². The molecule has 0 bridgehead atoms. The minimum Gasteiger partial charge on any atom is -0.303 e. The average Bonchev–Trinajstić information content (AvgIpc) is 2.14. The number of aldehydes is 1. The summed E-state index contributed by atoms with van der Waals surface area (Å²) in [7, 11) is 2.08. The van der Waals surface area contributed by atoms with Gasteiger partial charge in [-0.2, -0.15) is 0 Å². The lowest BCUT2D eigenvalue weighted by Gasteiger charge is -2.32. The van der Waals surface area contributed by atoms with Gasteiger partial charge < -0.3 is 9.69 Å². The maximum absolute atomic E-state index is 11.0. The van der Waals surface area contributed by atoms with E-state index < -0.39 is 0 Å². The molecule has 0 atom stereocenters. The van der Waals surface area contributed by atoms with Crippen molar-refractivity contribution in [3.8, 4) is 0 Å². The molecule has 0 aliphatic heterocycles. The first-order valence-electron chi connectivity index (χ1n) is 5.18. The topological polar surface area (TPSA) is 20.3 Å². The van der Waals surface area contributed by atoms with Crippen molar-refractivity contribution in [2.24, 2.45) is 5.41 Å². The molecule has 0 amide bonds. The predicted molar refractivity (Wildman–Crippen MR) is 56.8 cm³/mol. The predicted octanol–water partition coefficient (Wildman–Crippen LogP) is 2.33. The van der Waals surface area contributed by atoms with E-state index in [2.05, 4.69) is 39.6 Å². The lowest BCUT2D eigenvalue weighted by atomic mass is 9.83. The zero-order valence-corrected chi connectivity index (χ0v) is 9.63. The van der Waals surface area contributed by atoms with E-state index in [9.17, 15) is 4.79 Å². The summed E-state index contributed by atoms with van der Waals surface area (Å²) < 4.78 is 0. The molecule has 78 valence electrons. The monoisotopic (exact) mass is 185 g/mol. The molecule has 0 spiro atoms. The van der Waals surface area contributed by atoms with Crippen LogP contribution in [0.1, 0.15) is 40.5 Å². The number of rotatable bonds is 6. The van der Waals surface area contributed by atoms with Crippen LogP contribution in [0.3, 0.4) is 0 Å². The first-order chi connectivity index (χ1) is 6.01. The van der Waals surface area contributed by atoms with Gasteiger partial charge >= 0.3 is 0 Å². The van der Waals surface area contributed by atoms with Crippen molar-refractivity contribution >= 4 is 6.29 Å². The van der Waals surface area contributed by atoms with Crippen LogP contribution in [-0.4, -0.2) is 30.8 Å². The van der Waals surface area contributed by atoms with E-state index in [1.54, 1.807) is 0 Å². The standard InChI is InChI=1S/C11H23NO/c1-6-11(7-2,9-13)8-12(5)10(3)4/h9-10H,6-8H2,1-5H3. The van der Waals surface area contributed by atoms with Crippen molar-refractivity contribution in [3.05, 3.63) is 0 Å². The van der Waals surface area contributed by atoms with E-state index in [1.807, 2.05) is 0 Å². The highest BCUT2D eigenvalue weighted by Gasteiger charge is 2.27. The first kappa shape index (κ1) is 12.6. The highest BCUT2D eigenvalue weighted by molar-refractivity contribution is 5.59. The summed E-state index contributed by atoms with van der Waals surface area (Å²) in [5.41, 5.74) is -0.126. The Bertz CT molecular complexity index is 150. The van der Waals surface area contributed by atoms with E-state index in [0.717, 1.165) is 25.7 Å². The molecular formula is C11H23NO. The molecule has 0 aromatic heterocycles. The van der Waals surface area contributed by atoms with Crippen LogP contribution in [-0.2, 0) is 4.79 Å². The van der Waals surface area contributed by atoms with Crippen molar-refractivity contribution in [2.45, 2.75) is 46.6 Å².